The minimum atomic E-state index is 0.243. The Hall–Kier alpha value is -3.34. The molecule has 0 fully saturated rings. The molecular formula is C26H23ClN2O2. The van der Waals surface area contributed by atoms with Crippen LogP contribution in [0.3, 0.4) is 0 Å². The van der Waals surface area contributed by atoms with E-state index in [0.717, 1.165) is 27.8 Å². The fourth-order valence-electron chi connectivity index (χ4n) is 3.57. The third-order valence-electron chi connectivity index (χ3n) is 5.18. The average Bonchev–Trinajstić information content (AvgIpc) is 2.79. The van der Waals surface area contributed by atoms with E-state index in [1.165, 1.54) is 0 Å². The van der Waals surface area contributed by atoms with Gasteiger partial charge in [0.25, 0.3) is 0 Å². The number of aromatic nitrogens is 1. The van der Waals surface area contributed by atoms with Crippen LogP contribution in [0, 0.1) is 0 Å². The van der Waals surface area contributed by atoms with E-state index >= 15 is 0 Å². The summed E-state index contributed by atoms with van der Waals surface area (Å²) in [6.45, 7) is 1.50. The van der Waals surface area contributed by atoms with Crippen molar-refractivity contribution in [2.24, 2.45) is 0 Å². The predicted molar refractivity (Wildman–Crippen MR) is 124 cm³/mol. The van der Waals surface area contributed by atoms with Gasteiger partial charge in [-0.15, -0.1) is 0 Å². The van der Waals surface area contributed by atoms with Crippen LogP contribution in [0.2, 0.25) is 5.15 Å². The number of phenolic OH excluding ortho intramolecular Hbond substituents is 2. The number of aromatic hydroxyl groups is 2. The molecule has 3 aromatic carbocycles. The maximum Gasteiger partial charge on any atom is 0.133 e. The van der Waals surface area contributed by atoms with Gasteiger partial charge in [0.15, 0.2) is 0 Å². The molecule has 0 aliphatic carbocycles. The van der Waals surface area contributed by atoms with Crippen molar-refractivity contribution in [2.45, 2.75) is 19.6 Å². The molecule has 0 saturated carbocycles. The number of pyridine rings is 1. The van der Waals surface area contributed by atoms with Gasteiger partial charge in [-0.05, 0) is 23.8 Å². The molecule has 4 nitrogen and oxygen atoms in total. The quantitative estimate of drug-likeness (QED) is 0.352. The summed E-state index contributed by atoms with van der Waals surface area (Å²) in [6.07, 6.45) is 1.78. The predicted octanol–water partition coefficient (Wildman–Crippen LogP) is 6.02. The third-order valence-corrected chi connectivity index (χ3v) is 5.52. The van der Waals surface area contributed by atoms with Crippen LogP contribution in [0.15, 0.2) is 91.1 Å². The van der Waals surface area contributed by atoms with Crippen molar-refractivity contribution in [2.75, 3.05) is 0 Å². The highest BCUT2D eigenvalue weighted by Crippen LogP contribution is 2.27. The molecule has 2 N–H and O–H groups in total. The van der Waals surface area contributed by atoms with E-state index in [4.69, 9.17) is 11.6 Å². The molecule has 4 rings (SSSR count). The number of phenols is 2. The largest absolute Gasteiger partial charge is 0.508 e. The Morgan fingerprint density at radius 3 is 1.74 bits per heavy atom. The van der Waals surface area contributed by atoms with E-state index in [0.29, 0.717) is 24.8 Å². The Bertz CT molecular complexity index is 1120. The van der Waals surface area contributed by atoms with Gasteiger partial charge in [-0.2, -0.15) is 0 Å². The minimum absolute atomic E-state index is 0.243. The second-order valence-electron chi connectivity index (χ2n) is 7.44. The van der Waals surface area contributed by atoms with Crippen LogP contribution in [0.5, 0.6) is 11.5 Å². The van der Waals surface area contributed by atoms with Crippen LogP contribution in [0.1, 0.15) is 16.7 Å². The lowest BCUT2D eigenvalue weighted by Crippen LogP contribution is -2.23. The maximum absolute atomic E-state index is 10.3. The number of para-hydroxylation sites is 2. The maximum atomic E-state index is 10.3. The second-order valence-corrected chi connectivity index (χ2v) is 7.80. The molecule has 0 unspecified atom stereocenters. The summed E-state index contributed by atoms with van der Waals surface area (Å²) in [5, 5.41) is 21.0. The Morgan fingerprint density at radius 1 is 0.645 bits per heavy atom. The Balaban J connectivity index is 1.65. The van der Waals surface area contributed by atoms with Crippen molar-refractivity contribution < 1.29 is 10.2 Å². The molecule has 4 aromatic rings. The highest BCUT2D eigenvalue weighted by molar-refractivity contribution is 6.30. The highest BCUT2D eigenvalue weighted by atomic mass is 35.5. The molecular weight excluding hydrogens is 408 g/mol. The Labute approximate surface area is 187 Å². The molecule has 0 amide bonds. The number of hydrogen-bond acceptors (Lipinski definition) is 4. The van der Waals surface area contributed by atoms with Crippen molar-refractivity contribution >= 4 is 11.6 Å². The van der Waals surface area contributed by atoms with Crippen molar-refractivity contribution in [1.82, 2.24) is 9.88 Å². The zero-order chi connectivity index (χ0) is 21.6. The van der Waals surface area contributed by atoms with Crippen LogP contribution in [-0.2, 0) is 19.6 Å². The van der Waals surface area contributed by atoms with Gasteiger partial charge in [0.2, 0.25) is 0 Å². The molecule has 5 heteroatoms. The number of halogens is 1. The van der Waals surface area contributed by atoms with Gasteiger partial charge in [-0.1, -0.05) is 78.3 Å². The summed E-state index contributed by atoms with van der Waals surface area (Å²) in [5.41, 5.74) is 4.56. The number of rotatable bonds is 7. The molecule has 0 bridgehead atoms. The lowest BCUT2D eigenvalue weighted by Gasteiger charge is -2.24. The molecule has 31 heavy (non-hydrogen) atoms. The Morgan fingerprint density at radius 2 is 1.16 bits per heavy atom. The Kier molecular flexibility index (Phi) is 6.51. The van der Waals surface area contributed by atoms with Gasteiger partial charge >= 0.3 is 0 Å². The van der Waals surface area contributed by atoms with Gasteiger partial charge in [0, 0.05) is 48.1 Å². The first-order valence-corrected chi connectivity index (χ1v) is 10.4. The van der Waals surface area contributed by atoms with Crippen molar-refractivity contribution in [3.63, 3.8) is 0 Å². The molecule has 0 atom stereocenters. The van der Waals surface area contributed by atoms with E-state index < -0.39 is 0 Å². The van der Waals surface area contributed by atoms with E-state index in [1.807, 2.05) is 60.7 Å². The van der Waals surface area contributed by atoms with Crippen molar-refractivity contribution in [3.8, 4) is 22.6 Å². The summed E-state index contributed by atoms with van der Waals surface area (Å²) >= 11 is 6.46. The standard InChI is InChI=1S/C26H23ClN2O2/c27-26-23(14-22(15-28-26)19-8-2-1-3-9-19)18-29(16-20-10-4-6-12-24(20)30)17-21-11-5-7-13-25(21)31/h1-15,30-31H,16-18H2. The first-order chi connectivity index (χ1) is 15.1. The summed E-state index contributed by atoms with van der Waals surface area (Å²) in [4.78, 5) is 6.52. The first kappa shape index (κ1) is 20.9. The number of benzene rings is 3. The summed E-state index contributed by atoms with van der Waals surface area (Å²) < 4.78 is 0. The van der Waals surface area contributed by atoms with Gasteiger partial charge in [0.05, 0.1) is 0 Å². The van der Waals surface area contributed by atoms with E-state index in [1.54, 1.807) is 30.5 Å². The van der Waals surface area contributed by atoms with E-state index in [9.17, 15) is 10.2 Å². The molecule has 0 aliphatic heterocycles. The van der Waals surface area contributed by atoms with Crippen LogP contribution in [0.25, 0.3) is 11.1 Å². The monoisotopic (exact) mass is 430 g/mol. The van der Waals surface area contributed by atoms with Gasteiger partial charge in [-0.3, -0.25) is 4.90 Å². The lowest BCUT2D eigenvalue weighted by atomic mass is 10.1. The summed E-state index contributed by atoms with van der Waals surface area (Å²) in [6, 6.07) is 26.6. The van der Waals surface area contributed by atoms with Crippen molar-refractivity contribution in [1.29, 1.82) is 0 Å². The number of hydrogen-bond donors (Lipinski definition) is 2. The van der Waals surface area contributed by atoms with E-state index in [-0.39, 0.29) is 11.5 Å². The van der Waals surface area contributed by atoms with Crippen molar-refractivity contribution in [3.05, 3.63) is 113 Å². The van der Waals surface area contributed by atoms with Crippen LogP contribution in [0.4, 0.5) is 0 Å². The number of nitrogens with zero attached hydrogens (tertiary/aromatic N) is 2. The molecule has 1 heterocycles. The lowest BCUT2D eigenvalue weighted by molar-refractivity contribution is 0.241. The summed E-state index contributed by atoms with van der Waals surface area (Å²) in [5.74, 6) is 0.485. The molecule has 1 aromatic heterocycles. The van der Waals surface area contributed by atoms with Crippen LogP contribution < -0.4 is 0 Å². The topological polar surface area (TPSA) is 56.6 Å². The fraction of sp³-hybridized carbons (Fsp3) is 0.115. The van der Waals surface area contributed by atoms with Crippen LogP contribution >= 0.6 is 11.6 Å². The smallest absolute Gasteiger partial charge is 0.133 e. The van der Waals surface area contributed by atoms with E-state index in [2.05, 4.69) is 9.88 Å². The average molecular weight is 431 g/mol. The highest BCUT2D eigenvalue weighted by Gasteiger charge is 2.15. The summed E-state index contributed by atoms with van der Waals surface area (Å²) in [7, 11) is 0. The van der Waals surface area contributed by atoms with Gasteiger partial charge in [-0.25, -0.2) is 4.98 Å². The molecule has 0 aliphatic rings. The minimum Gasteiger partial charge on any atom is -0.508 e. The molecule has 0 spiro atoms. The second kappa shape index (κ2) is 9.65. The SMILES string of the molecule is Oc1ccccc1CN(Cc1ccccc1O)Cc1cc(-c2ccccc2)cnc1Cl. The molecule has 0 saturated heterocycles. The molecule has 156 valence electrons. The third kappa shape index (κ3) is 5.23. The first-order valence-electron chi connectivity index (χ1n) is 10.1. The van der Waals surface area contributed by atoms with Gasteiger partial charge in [0.1, 0.15) is 16.7 Å². The molecule has 0 radical (unpaired) electrons. The normalized spacial score (nSPS) is 11.0. The zero-order valence-electron chi connectivity index (χ0n) is 16.9. The zero-order valence-corrected chi connectivity index (χ0v) is 17.7. The van der Waals surface area contributed by atoms with Gasteiger partial charge < -0.3 is 10.2 Å². The van der Waals surface area contributed by atoms with Crippen LogP contribution in [-0.4, -0.2) is 20.1 Å². The fourth-order valence-corrected chi connectivity index (χ4v) is 3.74.